The molecule has 1 aliphatic rings. The highest BCUT2D eigenvalue weighted by Crippen LogP contribution is 2.43. The summed E-state index contributed by atoms with van der Waals surface area (Å²) >= 11 is 9.65. The third-order valence-electron chi connectivity index (χ3n) is 3.56. The number of hydrogen-bond donors (Lipinski definition) is 0. The zero-order chi connectivity index (χ0) is 11.6. The fourth-order valence-electron chi connectivity index (χ4n) is 2.56. The van der Waals surface area contributed by atoms with Crippen molar-refractivity contribution in [3.05, 3.63) is 34.6 Å². The van der Waals surface area contributed by atoms with E-state index in [9.17, 15) is 4.39 Å². The van der Waals surface area contributed by atoms with Crippen LogP contribution in [0.25, 0.3) is 0 Å². The van der Waals surface area contributed by atoms with Crippen LogP contribution in [-0.2, 0) is 6.42 Å². The molecule has 0 bridgehead atoms. The lowest BCUT2D eigenvalue weighted by atomic mass is 9.82. The Morgan fingerprint density at radius 1 is 1.31 bits per heavy atom. The predicted molar refractivity (Wildman–Crippen MR) is 69.8 cm³/mol. The van der Waals surface area contributed by atoms with Gasteiger partial charge in [0.15, 0.2) is 0 Å². The first-order chi connectivity index (χ1) is 7.67. The molecule has 0 spiro atoms. The van der Waals surface area contributed by atoms with Crippen LogP contribution in [-0.4, -0.2) is 5.33 Å². The Labute approximate surface area is 109 Å². The molecule has 0 aromatic heterocycles. The number of hydrogen-bond acceptors (Lipinski definition) is 0. The maximum Gasteiger partial charge on any atom is 0.127 e. The van der Waals surface area contributed by atoms with Gasteiger partial charge in [-0.05, 0) is 36.8 Å². The molecule has 0 aliphatic heterocycles. The minimum Gasteiger partial charge on any atom is -0.207 e. The molecule has 0 amide bonds. The summed E-state index contributed by atoms with van der Waals surface area (Å²) < 4.78 is 13.7. The summed E-state index contributed by atoms with van der Waals surface area (Å²) in [5.74, 6) is -0.167. The standard InChI is InChI=1S/C13H15BrClF/c14-9-13(6-1-2-7-13)8-10-11(15)4-3-5-12(10)16/h3-5H,1-2,6-9H2. The van der Waals surface area contributed by atoms with Crippen LogP contribution in [0.2, 0.25) is 5.02 Å². The zero-order valence-electron chi connectivity index (χ0n) is 9.11. The maximum absolute atomic E-state index is 13.7. The van der Waals surface area contributed by atoms with E-state index in [1.54, 1.807) is 12.1 Å². The van der Waals surface area contributed by atoms with Crippen LogP contribution in [0.15, 0.2) is 18.2 Å². The van der Waals surface area contributed by atoms with Crippen molar-refractivity contribution >= 4 is 27.5 Å². The van der Waals surface area contributed by atoms with E-state index in [2.05, 4.69) is 15.9 Å². The first-order valence-electron chi connectivity index (χ1n) is 5.66. The number of benzene rings is 1. The molecule has 1 saturated carbocycles. The fraction of sp³-hybridized carbons (Fsp3) is 0.538. The van der Waals surface area contributed by atoms with Crippen molar-refractivity contribution in [1.29, 1.82) is 0 Å². The van der Waals surface area contributed by atoms with Gasteiger partial charge in [-0.15, -0.1) is 0 Å². The smallest absolute Gasteiger partial charge is 0.127 e. The summed E-state index contributed by atoms with van der Waals surface area (Å²) in [4.78, 5) is 0. The van der Waals surface area contributed by atoms with Gasteiger partial charge in [0.05, 0.1) is 0 Å². The van der Waals surface area contributed by atoms with Gasteiger partial charge < -0.3 is 0 Å². The van der Waals surface area contributed by atoms with E-state index >= 15 is 0 Å². The van der Waals surface area contributed by atoms with Crippen LogP contribution in [0.1, 0.15) is 31.2 Å². The van der Waals surface area contributed by atoms with Crippen molar-refractivity contribution in [1.82, 2.24) is 0 Å². The van der Waals surface area contributed by atoms with Gasteiger partial charge in [0, 0.05) is 15.9 Å². The van der Waals surface area contributed by atoms with E-state index < -0.39 is 0 Å². The lowest BCUT2D eigenvalue weighted by Crippen LogP contribution is -2.22. The highest BCUT2D eigenvalue weighted by Gasteiger charge is 2.34. The van der Waals surface area contributed by atoms with Gasteiger partial charge in [0.1, 0.15) is 5.82 Å². The Kier molecular flexibility index (Phi) is 3.91. The maximum atomic E-state index is 13.7. The van der Waals surface area contributed by atoms with Gasteiger partial charge in [-0.1, -0.05) is 46.4 Å². The normalized spacial score (nSPS) is 18.9. The molecule has 1 aliphatic carbocycles. The largest absolute Gasteiger partial charge is 0.207 e. The first kappa shape index (κ1) is 12.4. The highest BCUT2D eigenvalue weighted by atomic mass is 79.9. The lowest BCUT2D eigenvalue weighted by Gasteiger charge is -2.27. The molecule has 0 N–H and O–H groups in total. The van der Waals surface area contributed by atoms with Gasteiger partial charge in [-0.2, -0.15) is 0 Å². The Bertz CT molecular complexity index is 352. The van der Waals surface area contributed by atoms with Gasteiger partial charge in [-0.3, -0.25) is 0 Å². The van der Waals surface area contributed by atoms with Crippen molar-refractivity contribution < 1.29 is 4.39 Å². The molecule has 2 rings (SSSR count). The SMILES string of the molecule is Fc1cccc(Cl)c1CC1(CBr)CCCC1. The monoisotopic (exact) mass is 304 g/mol. The van der Waals surface area contributed by atoms with Gasteiger partial charge in [-0.25, -0.2) is 4.39 Å². The summed E-state index contributed by atoms with van der Waals surface area (Å²) in [7, 11) is 0. The van der Waals surface area contributed by atoms with Crippen molar-refractivity contribution in [3.63, 3.8) is 0 Å². The van der Waals surface area contributed by atoms with E-state index in [0.717, 1.165) is 11.8 Å². The quantitative estimate of drug-likeness (QED) is 0.691. The van der Waals surface area contributed by atoms with Crippen LogP contribution in [0.4, 0.5) is 4.39 Å². The molecule has 0 saturated heterocycles. The van der Waals surface area contributed by atoms with Gasteiger partial charge in [0.25, 0.3) is 0 Å². The Morgan fingerprint density at radius 2 is 2.00 bits per heavy atom. The van der Waals surface area contributed by atoms with Crippen molar-refractivity contribution in [2.75, 3.05) is 5.33 Å². The third kappa shape index (κ3) is 2.43. The van der Waals surface area contributed by atoms with Crippen molar-refractivity contribution in [3.8, 4) is 0 Å². The number of halogens is 3. The minimum atomic E-state index is -0.167. The fourth-order valence-corrected chi connectivity index (χ4v) is 3.55. The Hall–Kier alpha value is -0.0800. The van der Waals surface area contributed by atoms with Crippen molar-refractivity contribution in [2.24, 2.45) is 5.41 Å². The minimum absolute atomic E-state index is 0.167. The van der Waals surface area contributed by atoms with Gasteiger partial charge >= 0.3 is 0 Å². The van der Waals surface area contributed by atoms with E-state index in [1.165, 1.54) is 31.7 Å². The van der Waals surface area contributed by atoms with E-state index in [4.69, 9.17) is 11.6 Å². The second-order valence-corrected chi connectivity index (χ2v) is 5.69. The second-order valence-electron chi connectivity index (χ2n) is 4.72. The molecule has 1 aromatic rings. The van der Waals surface area contributed by atoms with E-state index in [1.807, 2.05) is 0 Å². The van der Waals surface area contributed by atoms with E-state index in [0.29, 0.717) is 10.6 Å². The number of alkyl halides is 1. The van der Waals surface area contributed by atoms with Crippen LogP contribution in [0.3, 0.4) is 0 Å². The topological polar surface area (TPSA) is 0 Å². The molecular weight excluding hydrogens is 290 g/mol. The second kappa shape index (κ2) is 5.05. The van der Waals surface area contributed by atoms with Crippen LogP contribution in [0.5, 0.6) is 0 Å². The van der Waals surface area contributed by atoms with Crippen molar-refractivity contribution in [2.45, 2.75) is 32.1 Å². The summed E-state index contributed by atoms with van der Waals surface area (Å²) in [6.45, 7) is 0. The first-order valence-corrected chi connectivity index (χ1v) is 7.16. The average Bonchev–Trinajstić information content (AvgIpc) is 2.73. The Morgan fingerprint density at radius 3 is 2.56 bits per heavy atom. The molecule has 0 heterocycles. The molecule has 88 valence electrons. The molecule has 3 heteroatoms. The Balaban J connectivity index is 2.25. The van der Waals surface area contributed by atoms with E-state index in [-0.39, 0.29) is 11.2 Å². The molecule has 0 radical (unpaired) electrons. The zero-order valence-corrected chi connectivity index (χ0v) is 11.5. The van der Waals surface area contributed by atoms with Crippen LogP contribution < -0.4 is 0 Å². The van der Waals surface area contributed by atoms with Crippen LogP contribution >= 0.6 is 27.5 Å². The highest BCUT2D eigenvalue weighted by molar-refractivity contribution is 9.09. The summed E-state index contributed by atoms with van der Waals surface area (Å²) in [5.41, 5.74) is 0.900. The third-order valence-corrected chi connectivity index (χ3v) is 5.10. The molecule has 1 fully saturated rings. The number of rotatable bonds is 3. The summed E-state index contributed by atoms with van der Waals surface area (Å²) in [6, 6.07) is 4.94. The summed E-state index contributed by atoms with van der Waals surface area (Å²) in [6.07, 6.45) is 5.59. The molecule has 0 atom stereocenters. The molecular formula is C13H15BrClF. The molecule has 1 aromatic carbocycles. The average molecular weight is 306 g/mol. The molecule has 0 nitrogen and oxygen atoms in total. The molecule has 16 heavy (non-hydrogen) atoms. The van der Waals surface area contributed by atoms with Crippen LogP contribution in [0, 0.1) is 11.2 Å². The summed E-state index contributed by atoms with van der Waals surface area (Å²) in [5, 5.41) is 1.50. The van der Waals surface area contributed by atoms with Gasteiger partial charge in [0.2, 0.25) is 0 Å². The predicted octanol–water partition coefficient (Wildman–Crippen LogP) is 4.98. The lowest BCUT2D eigenvalue weighted by molar-refractivity contribution is 0.341. The molecule has 0 unspecified atom stereocenters.